The second kappa shape index (κ2) is 5.48. The third-order valence-electron chi connectivity index (χ3n) is 3.58. The van der Waals surface area contributed by atoms with Crippen LogP contribution in [0.5, 0.6) is 0 Å². The molecule has 0 aromatic heterocycles. The van der Waals surface area contributed by atoms with Gasteiger partial charge < -0.3 is 5.73 Å². The summed E-state index contributed by atoms with van der Waals surface area (Å²) in [6.45, 7) is 3.02. The van der Waals surface area contributed by atoms with E-state index in [2.05, 4.69) is 0 Å². The van der Waals surface area contributed by atoms with E-state index in [9.17, 15) is 8.42 Å². The van der Waals surface area contributed by atoms with Crippen LogP contribution in [0.3, 0.4) is 0 Å². The Kier molecular flexibility index (Phi) is 4.19. The highest BCUT2D eigenvalue weighted by atomic mass is 32.2. The molecule has 2 heterocycles. The summed E-state index contributed by atoms with van der Waals surface area (Å²) in [5.41, 5.74) is 5.61. The zero-order valence-corrected chi connectivity index (χ0v) is 10.9. The number of piperidine rings is 1. The molecule has 6 heteroatoms. The second-order valence-corrected chi connectivity index (χ2v) is 6.63. The zero-order valence-electron chi connectivity index (χ0n) is 10.1. The van der Waals surface area contributed by atoms with Gasteiger partial charge >= 0.3 is 0 Å². The van der Waals surface area contributed by atoms with Crippen LogP contribution < -0.4 is 5.73 Å². The molecule has 0 amide bonds. The lowest BCUT2D eigenvalue weighted by Gasteiger charge is -2.34. The van der Waals surface area contributed by atoms with Crippen LogP contribution in [0.25, 0.3) is 0 Å². The molecule has 2 aliphatic heterocycles. The summed E-state index contributed by atoms with van der Waals surface area (Å²) in [6, 6.07) is 0. The van der Waals surface area contributed by atoms with Crippen LogP contribution in [0.1, 0.15) is 19.3 Å². The van der Waals surface area contributed by atoms with Crippen molar-refractivity contribution in [1.29, 1.82) is 0 Å². The van der Waals surface area contributed by atoms with Crippen molar-refractivity contribution < 1.29 is 8.42 Å². The molecule has 0 aliphatic carbocycles. The second-order valence-electron chi connectivity index (χ2n) is 4.70. The van der Waals surface area contributed by atoms with Gasteiger partial charge in [0.1, 0.15) is 0 Å². The molecule has 1 saturated heterocycles. The molecule has 0 aromatic carbocycles. The molecule has 0 atom stereocenters. The molecule has 1 fully saturated rings. The van der Waals surface area contributed by atoms with Gasteiger partial charge in [0.05, 0.1) is 0 Å². The number of hydrogen-bond acceptors (Lipinski definition) is 3. The number of rotatable bonds is 3. The smallest absolute Gasteiger partial charge is 0.282 e. The molecule has 0 saturated carbocycles. The van der Waals surface area contributed by atoms with Crippen molar-refractivity contribution in [2.45, 2.75) is 19.3 Å². The standard InChI is InChI=1S/C11H21N3O2S/c12-10-11-4-8-14(9-5-11)17(15,16)13-6-2-1-3-7-13/h1-2,11H,3-10,12H2. The molecular formula is C11H21N3O2S. The van der Waals surface area contributed by atoms with E-state index in [0.717, 1.165) is 19.3 Å². The Balaban J connectivity index is 1.99. The van der Waals surface area contributed by atoms with E-state index < -0.39 is 10.2 Å². The number of nitrogens with zero attached hydrogens (tertiary/aromatic N) is 2. The third kappa shape index (κ3) is 2.88. The van der Waals surface area contributed by atoms with Gasteiger partial charge in [0.15, 0.2) is 0 Å². The van der Waals surface area contributed by atoms with Gasteiger partial charge in [-0.1, -0.05) is 12.2 Å². The van der Waals surface area contributed by atoms with Crippen molar-refractivity contribution in [2.24, 2.45) is 11.7 Å². The average molecular weight is 259 g/mol. The molecule has 0 bridgehead atoms. The lowest BCUT2D eigenvalue weighted by atomic mass is 9.99. The Morgan fingerprint density at radius 2 is 1.82 bits per heavy atom. The number of hydrogen-bond donors (Lipinski definition) is 1. The lowest BCUT2D eigenvalue weighted by molar-refractivity contribution is 0.259. The molecule has 0 radical (unpaired) electrons. The Labute approximate surface area is 103 Å². The summed E-state index contributed by atoms with van der Waals surface area (Å²) in [6.07, 6.45) is 6.55. The lowest BCUT2D eigenvalue weighted by Crippen LogP contribution is -2.48. The first-order valence-corrected chi connectivity index (χ1v) is 7.64. The topological polar surface area (TPSA) is 66.6 Å². The molecule has 2 rings (SSSR count). The van der Waals surface area contributed by atoms with E-state index in [4.69, 9.17) is 5.73 Å². The van der Waals surface area contributed by atoms with Crippen LogP contribution in [0.4, 0.5) is 0 Å². The quantitative estimate of drug-likeness (QED) is 0.734. The Hall–Kier alpha value is -0.430. The third-order valence-corrected chi connectivity index (χ3v) is 5.58. The highest BCUT2D eigenvalue weighted by Gasteiger charge is 2.32. The SMILES string of the molecule is NCC1CCN(S(=O)(=O)N2CC=CCC2)CC1. The van der Waals surface area contributed by atoms with Crippen molar-refractivity contribution in [1.82, 2.24) is 8.61 Å². The average Bonchev–Trinajstić information content (AvgIpc) is 2.40. The van der Waals surface area contributed by atoms with E-state index in [1.807, 2.05) is 12.2 Å². The van der Waals surface area contributed by atoms with Crippen LogP contribution in [0.15, 0.2) is 12.2 Å². The molecule has 17 heavy (non-hydrogen) atoms. The Morgan fingerprint density at radius 1 is 1.12 bits per heavy atom. The maximum atomic E-state index is 12.3. The minimum Gasteiger partial charge on any atom is -0.330 e. The maximum Gasteiger partial charge on any atom is 0.282 e. The van der Waals surface area contributed by atoms with Gasteiger partial charge in [-0.2, -0.15) is 17.0 Å². The Bertz CT molecular complexity index is 372. The molecule has 0 unspecified atom stereocenters. The van der Waals surface area contributed by atoms with E-state index in [1.165, 1.54) is 0 Å². The van der Waals surface area contributed by atoms with E-state index in [-0.39, 0.29) is 0 Å². The first kappa shape index (κ1) is 13.0. The monoisotopic (exact) mass is 259 g/mol. The van der Waals surface area contributed by atoms with Crippen LogP contribution in [0.2, 0.25) is 0 Å². The van der Waals surface area contributed by atoms with Crippen LogP contribution in [0, 0.1) is 5.92 Å². The normalized spacial score (nSPS) is 25.2. The predicted octanol–water partition coefficient (Wildman–Crippen LogP) is 0.164. The van der Waals surface area contributed by atoms with Gasteiger partial charge in [0.2, 0.25) is 0 Å². The van der Waals surface area contributed by atoms with Gasteiger partial charge in [0.25, 0.3) is 10.2 Å². The Morgan fingerprint density at radius 3 is 2.35 bits per heavy atom. The summed E-state index contributed by atoms with van der Waals surface area (Å²) in [4.78, 5) is 0. The van der Waals surface area contributed by atoms with Crippen molar-refractivity contribution in [3.63, 3.8) is 0 Å². The van der Waals surface area contributed by atoms with E-state index >= 15 is 0 Å². The number of nitrogens with two attached hydrogens (primary N) is 1. The fraction of sp³-hybridized carbons (Fsp3) is 0.818. The van der Waals surface area contributed by atoms with Crippen LogP contribution in [-0.2, 0) is 10.2 Å². The molecule has 5 nitrogen and oxygen atoms in total. The molecule has 2 aliphatic rings. The predicted molar refractivity (Wildman–Crippen MR) is 67.6 cm³/mol. The zero-order chi connectivity index (χ0) is 12.3. The van der Waals surface area contributed by atoms with Gasteiger partial charge in [-0.25, -0.2) is 0 Å². The summed E-state index contributed by atoms with van der Waals surface area (Å²) in [5, 5.41) is 0. The van der Waals surface area contributed by atoms with Gasteiger partial charge in [-0.15, -0.1) is 0 Å². The van der Waals surface area contributed by atoms with Gasteiger partial charge in [-0.3, -0.25) is 0 Å². The van der Waals surface area contributed by atoms with Crippen LogP contribution >= 0.6 is 0 Å². The first-order chi connectivity index (χ1) is 8.14. The van der Waals surface area contributed by atoms with E-state index in [1.54, 1.807) is 8.61 Å². The fourth-order valence-corrected chi connectivity index (χ4v) is 3.98. The molecular weight excluding hydrogens is 238 g/mol. The van der Waals surface area contributed by atoms with Crippen molar-refractivity contribution >= 4 is 10.2 Å². The minimum absolute atomic E-state index is 0.489. The van der Waals surface area contributed by atoms with Crippen LogP contribution in [-0.4, -0.2) is 49.8 Å². The first-order valence-electron chi connectivity index (χ1n) is 6.25. The molecule has 0 spiro atoms. The van der Waals surface area contributed by atoms with Crippen molar-refractivity contribution in [3.8, 4) is 0 Å². The fourth-order valence-electron chi connectivity index (χ4n) is 2.37. The highest BCUT2D eigenvalue weighted by Crippen LogP contribution is 2.21. The largest absolute Gasteiger partial charge is 0.330 e. The molecule has 98 valence electrons. The highest BCUT2D eigenvalue weighted by molar-refractivity contribution is 7.86. The minimum atomic E-state index is -3.24. The summed E-state index contributed by atoms with van der Waals surface area (Å²) >= 11 is 0. The summed E-state index contributed by atoms with van der Waals surface area (Å²) < 4.78 is 27.8. The van der Waals surface area contributed by atoms with Crippen molar-refractivity contribution in [3.05, 3.63) is 12.2 Å². The van der Waals surface area contributed by atoms with Crippen molar-refractivity contribution in [2.75, 3.05) is 32.7 Å². The summed E-state index contributed by atoms with van der Waals surface area (Å²) in [7, 11) is -3.24. The maximum absolute atomic E-state index is 12.3. The molecule has 0 aromatic rings. The van der Waals surface area contributed by atoms with Gasteiger partial charge in [-0.05, 0) is 31.7 Å². The molecule has 2 N–H and O–H groups in total. The van der Waals surface area contributed by atoms with Gasteiger partial charge in [0, 0.05) is 26.2 Å². The summed E-state index contributed by atoms with van der Waals surface area (Å²) in [5.74, 6) is 0.489. The van der Waals surface area contributed by atoms with E-state index in [0.29, 0.717) is 38.6 Å².